The molecule has 3 aromatic rings. The highest BCUT2D eigenvalue weighted by Crippen LogP contribution is 2.36. The molecule has 3 aromatic heterocycles. The SMILES string of the molecule is Cc1cc(N2CCC[C@H](c3cc(C4(O)CCN(C)C4=O)on3)C2)nc2c(N)ncnc12. The van der Waals surface area contributed by atoms with Gasteiger partial charge in [-0.2, -0.15) is 0 Å². The van der Waals surface area contributed by atoms with Gasteiger partial charge in [-0.15, -0.1) is 0 Å². The van der Waals surface area contributed by atoms with Gasteiger partial charge in [-0.1, -0.05) is 5.16 Å². The number of hydrogen-bond donors (Lipinski definition) is 2. The molecule has 0 spiro atoms. The number of fused-ring (bicyclic) bond motifs is 1. The zero-order chi connectivity index (χ0) is 21.8. The number of hydrogen-bond acceptors (Lipinski definition) is 9. The molecule has 31 heavy (non-hydrogen) atoms. The van der Waals surface area contributed by atoms with Crippen LogP contribution in [0.5, 0.6) is 0 Å². The van der Waals surface area contributed by atoms with Gasteiger partial charge in [0.05, 0.1) is 11.2 Å². The lowest BCUT2D eigenvalue weighted by molar-refractivity contribution is -0.144. The van der Waals surface area contributed by atoms with E-state index in [4.69, 9.17) is 15.2 Å². The molecule has 2 fully saturated rings. The molecule has 1 unspecified atom stereocenters. The van der Waals surface area contributed by atoms with Crippen molar-refractivity contribution >= 4 is 28.6 Å². The molecule has 2 aliphatic heterocycles. The van der Waals surface area contributed by atoms with Crippen LogP contribution in [0.2, 0.25) is 0 Å². The summed E-state index contributed by atoms with van der Waals surface area (Å²) in [7, 11) is 1.67. The summed E-state index contributed by atoms with van der Waals surface area (Å²) in [6, 6.07) is 3.75. The largest absolute Gasteiger partial charge is 0.382 e. The van der Waals surface area contributed by atoms with Crippen LogP contribution in [-0.2, 0) is 10.4 Å². The standard InChI is InChI=1S/C21H25N7O3/c1-12-8-16(25-18-17(12)23-11-24-19(18)22)28-6-3-4-13(10-28)14-9-15(31-26-14)21(30)5-7-27(2)20(21)29/h8-9,11,13,30H,3-7,10H2,1-2H3,(H2,22,23,24)/t13-,21?/m0/s1. The van der Waals surface area contributed by atoms with E-state index in [9.17, 15) is 9.90 Å². The predicted molar refractivity (Wildman–Crippen MR) is 113 cm³/mol. The number of aryl methyl sites for hydroxylation is 1. The molecule has 2 saturated heterocycles. The summed E-state index contributed by atoms with van der Waals surface area (Å²) in [5, 5.41) is 15.0. The van der Waals surface area contributed by atoms with E-state index in [-0.39, 0.29) is 17.6 Å². The summed E-state index contributed by atoms with van der Waals surface area (Å²) in [5.74, 6) is 1.16. The molecule has 10 nitrogen and oxygen atoms in total. The van der Waals surface area contributed by atoms with E-state index in [2.05, 4.69) is 20.0 Å². The lowest BCUT2D eigenvalue weighted by atomic mass is 9.92. The number of amides is 1. The third kappa shape index (κ3) is 3.18. The van der Waals surface area contributed by atoms with E-state index in [1.165, 1.54) is 11.2 Å². The molecular weight excluding hydrogens is 398 g/mol. The molecule has 5 heterocycles. The van der Waals surface area contributed by atoms with Crippen LogP contribution in [0.1, 0.15) is 42.2 Å². The van der Waals surface area contributed by atoms with Crippen LogP contribution in [0.25, 0.3) is 11.0 Å². The summed E-state index contributed by atoms with van der Waals surface area (Å²) in [6.07, 6.45) is 3.65. The lowest BCUT2D eigenvalue weighted by Gasteiger charge is -2.33. The number of nitrogens with two attached hydrogens (primary N) is 1. The molecule has 0 saturated carbocycles. The quantitative estimate of drug-likeness (QED) is 0.640. The van der Waals surface area contributed by atoms with Crippen LogP contribution < -0.4 is 10.6 Å². The Labute approximate surface area is 179 Å². The fourth-order valence-electron chi connectivity index (χ4n) is 4.55. The van der Waals surface area contributed by atoms with Gasteiger partial charge in [0.25, 0.3) is 5.91 Å². The number of anilines is 2. The maximum absolute atomic E-state index is 12.4. The molecule has 10 heteroatoms. The van der Waals surface area contributed by atoms with Gasteiger partial charge in [-0.3, -0.25) is 4.79 Å². The molecule has 162 valence electrons. The predicted octanol–water partition coefficient (Wildman–Crippen LogP) is 1.34. The molecule has 5 rings (SSSR count). The van der Waals surface area contributed by atoms with E-state index >= 15 is 0 Å². The number of carbonyl (C=O) groups is 1. The van der Waals surface area contributed by atoms with Crippen LogP contribution in [-0.4, -0.2) is 62.7 Å². The number of likely N-dealkylation sites (N-methyl/N-ethyl adjacent to an activating group) is 1. The lowest BCUT2D eigenvalue weighted by Crippen LogP contribution is -2.36. The number of piperidine rings is 1. The highest BCUT2D eigenvalue weighted by atomic mass is 16.5. The van der Waals surface area contributed by atoms with E-state index < -0.39 is 5.60 Å². The Morgan fingerprint density at radius 1 is 1.26 bits per heavy atom. The third-order valence-corrected chi connectivity index (χ3v) is 6.41. The van der Waals surface area contributed by atoms with Crippen molar-refractivity contribution in [3.05, 3.63) is 35.5 Å². The number of rotatable bonds is 3. The molecule has 2 atom stereocenters. The topological polar surface area (TPSA) is 134 Å². The Morgan fingerprint density at radius 3 is 2.87 bits per heavy atom. The van der Waals surface area contributed by atoms with Crippen molar-refractivity contribution in [2.24, 2.45) is 0 Å². The van der Waals surface area contributed by atoms with Crippen molar-refractivity contribution in [1.82, 2.24) is 25.0 Å². The third-order valence-electron chi connectivity index (χ3n) is 6.41. The van der Waals surface area contributed by atoms with Gasteiger partial charge < -0.3 is 25.2 Å². The summed E-state index contributed by atoms with van der Waals surface area (Å²) in [5.41, 5.74) is 7.51. The maximum Gasteiger partial charge on any atom is 0.262 e. The zero-order valence-corrected chi connectivity index (χ0v) is 17.6. The first-order chi connectivity index (χ1) is 14.9. The van der Waals surface area contributed by atoms with Gasteiger partial charge in [0.1, 0.15) is 17.7 Å². The fraction of sp³-hybridized carbons (Fsp3) is 0.476. The average molecular weight is 423 g/mol. The van der Waals surface area contributed by atoms with Crippen molar-refractivity contribution in [1.29, 1.82) is 0 Å². The molecule has 1 amide bonds. The Morgan fingerprint density at radius 2 is 2.10 bits per heavy atom. The van der Waals surface area contributed by atoms with E-state index in [1.54, 1.807) is 13.1 Å². The zero-order valence-electron chi connectivity index (χ0n) is 17.6. The molecule has 2 aliphatic rings. The Balaban J connectivity index is 1.41. The molecule has 3 N–H and O–H groups in total. The maximum atomic E-state index is 12.4. The first-order valence-electron chi connectivity index (χ1n) is 10.4. The summed E-state index contributed by atoms with van der Waals surface area (Å²) in [6.45, 7) is 4.04. The normalized spacial score (nSPS) is 24.4. The number of pyridine rings is 1. The highest BCUT2D eigenvalue weighted by molar-refractivity contribution is 5.88. The first kappa shape index (κ1) is 19.7. The first-order valence-corrected chi connectivity index (χ1v) is 10.4. The molecule has 0 bridgehead atoms. The minimum atomic E-state index is -1.62. The van der Waals surface area contributed by atoms with Crippen molar-refractivity contribution < 1.29 is 14.4 Å². The van der Waals surface area contributed by atoms with Crippen molar-refractivity contribution in [3.63, 3.8) is 0 Å². The Kier molecular flexibility index (Phi) is 4.54. The second-order valence-corrected chi connectivity index (χ2v) is 8.49. The Hall–Kier alpha value is -3.27. The van der Waals surface area contributed by atoms with E-state index in [0.29, 0.717) is 30.8 Å². The smallest absolute Gasteiger partial charge is 0.262 e. The molecular formula is C21H25N7O3. The number of carbonyl (C=O) groups excluding carboxylic acids is 1. The van der Waals surface area contributed by atoms with E-state index in [1.807, 2.05) is 13.0 Å². The van der Waals surface area contributed by atoms with Gasteiger partial charge >= 0.3 is 0 Å². The van der Waals surface area contributed by atoms with Crippen LogP contribution in [0.15, 0.2) is 23.0 Å². The number of nitrogens with zero attached hydrogens (tertiary/aromatic N) is 6. The van der Waals surface area contributed by atoms with Gasteiger partial charge in [-0.05, 0) is 31.4 Å². The summed E-state index contributed by atoms with van der Waals surface area (Å²) < 4.78 is 5.44. The van der Waals surface area contributed by atoms with Crippen molar-refractivity contribution in [2.75, 3.05) is 37.3 Å². The second kappa shape index (κ2) is 7.16. The molecule has 0 aromatic carbocycles. The number of likely N-dealkylation sites (tertiary alicyclic amines) is 1. The monoisotopic (exact) mass is 423 g/mol. The van der Waals surface area contributed by atoms with Gasteiger partial charge in [0, 0.05) is 45.1 Å². The van der Waals surface area contributed by atoms with Crippen LogP contribution in [0, 0.1) is 6.92 Å². The van der Waals surface area contributed by atoms with Crippen LogP contribution in [0.4, 0.5) is 11.6 Å². The van der Waals surface area contributed by atoms with Crippen molar-refractivity contribution in [3.8, 4) is 0 Å². The molecule has 0 radical (unpaired) electrons. The number of nitrogen functional groups attached to an aromatic ring is 1. The highest BCUT2D eigenvalue weighted by Gasteiger charge is 2.48. The number of aliphatic hydroxyl groups is 1. The summed E-state index contributed by atoms with van der Waals surface area (Å²) in [4.78, 5) is 29.2. The fourth-order valence-corrected chi connectivity index (χ4v) is 4.55. The minimum Gasteiger partial charge on any atom is -0.382 e. The van der Waals surface area contributed by atoms with Crippen molar-refractivity contribution in [2.45, 2.75) is 37.7 Å². The minimum absolute atomic E-state index is 0.103. The van der Waals surface area contributed by atoms with Crippen LogP contribution in [0.3, 0.4) is 0 Å². The van der Waals surface area contributed by atoms with E-state index in [0.717, 1.165) is 42.0 Å². The van der Waals surface area contributed by atoms with Gasteiger partial charge in [0.15, 0.2) is 11.6 Å². The van der Waals surface area contributed by atoms with Gasteiger partial charge in [0.2, 0.25) is 5.60 Å². The van der Waals surface area contributed by atoms with Crippen LogP contribution >= 0.6 is 0 Å². The second-order valence-electron chi connectivity index (χ2n) is 8.49. The number of aromatic nitrogens is 4. The average Bonchev–Trinajstić information content (AvgIpc) is 3.37. The summed E-state index contributed by atoms with van der Waals surface area (Å²) >= 11 is 0. The Bertz CT molecular complexity index is 1160. The molecule has 0 aliphatic carbocycles. The van der Waals surface area contributed by atoms with Gasteiger partial charge in [-0.25, -0.2) is 15.0 Å².